The second kappa shape index (κ2) is 17.3. The van der Waals surface area contributed by atoms with Crippen LogP contribution in [0.2, 0.25) is 0 Å². The lowest BCUT2D eigenvalue weighted by molar-refractivity contribution is -0.122. The van der Waals surface area contributed by atoms with Crippen LogP contribution in [0.1, 0.15) is 62.7 Å². The van der Waals surface area contributed by atoms with Gasteiger partial charge in [0.05, 0.1) is 12.1 Å². The van der Waals surface area contributed by atoms with Gasteiger partial charge in [0.2, 0.25) is 11.8 Å². The molecule has 47 heavy (non-hydrogen) atoms. The quantitative estimate of drug-likeness (QED) is 0.0681. The van der Waals surface area contributed by atoms with Crippen molar-refractivity contribution in [2.24, 2.45) is 0 Å². The number of rotatable bonds is 18. The first kappa shape index (κ1) is 34.4. The summed E-state index contributed by atoms with van der Waals surface area (Å²) < 4.78 is 26.7. The van der Waals surface area contributed by atoms with Crippen LogP contribution in [0.3, 0.4) is 0 Å². The molecule has 10 nitrogen and oxygen atoms in total. The van der Waals surface area contributed by atoms with Crippen LogP contribution < -0.4 is 30.3 Å². The summed E-state index contributed by atoms with van der Waals surface area (Å²) in [6.45, 7) is 0.554. The number of para-hydroxylation sites is 2. The molecule has 0 radical (unpaired) electrons. The van der Waals surface area contributed by atoms with Crippen molar-refractivity contribution in [3.05, 3.63) is 96.6 Å². The molecule has 4 N–H and O–H groups in total. The first-order chi connectivity index (χ1) is 22.9. The molecule has 2 heterocycles. The van der Waals surface area contributed by atoms with Gasteiger partial charge in [0.15, 0.2) is 5.78 Å². The maximum Gasteiger partial charge on any atom is 0.457 e. The Kier molecular flexibility index (Phi) is 12.6. The number of fused-ring (bicyclic) bond motifs is 1. The highest BCUT2D eigenvalue weighted by atomic mass is 32.2. The zero-order valence-corrected chi connectivity index (χ0v) is 28.1. The van der Waals surface area contributed by atoms with Crippen LogP contribution in [-0.4, -0.2) is 47.5 Å². The number of hydrogen-bond acceptors (Lipinski definition) is 7. The molecule has 3 aromatic rings. The normalized spacial score (nSPS) is 19.1. The second-order valence-electron chi connectivity index (χ2n) is 11.8. The van der Waals surface area contributed by atoms with Crippen LogP contribution in [0.5, 0.6) is 11.5 Å². The van der Waals surface area contributed by atoms with Crippen molar-refractivity contribution in [3.63, 3.8) is 0 Å². The van der Waals surface area contributed by atoms with Crippen molar-refractivity contribution >= 4 is 37.2 Å². The molecule has 2 aliphatic heterocycles. The molecule has 4 atom stereocenters. The van der Waals surface area contributed by atoms with Gasteiger partial charge in [-0.2, -0.15) is 11.8 Å². The molecule has 12 heteroatoms. The first-order valence-electron chi connectivity index (χ1n) is 16.3. The van der Waals surface area contributed by atoms with Crippen molar-refractivity contribution in [2.45, 2.75) is 74.5 Å². The van der Waals surface area contributed by atoms with Crippen LogP contribution in [0, 0.1) is 0 Å². The summed E-state index contributed by atoms with van der Waals surface area (Å²) in [5, 5.41) is 12.3. The maximum absolute atomic E-state index is 14.6. The molecule has 2 aliphatic rings. The molecule has 250 valence electrons. The molecule has 0 spiro atoms. The third kappa shape index (κ3) is 10.3. The van der Waals surface area contributed by atoms with Gasteiger partial charge in [-0.25, -0.2) is 9.36 Å². The Morgan fingerprint density at radius 3 is 2.04 bits per heavy atom. The Labute approximate surface area is 280 Å². The Balaban J connectivity index is 1.05. The number of urea groups is 1. The van der Waals surface area contributed by atoms with Gasteiger partial charge in [-0.15, -0.1) is 0 Å². The number of benzene rings is 3. The summed E-state index contributed by atoms with van der Waals surface area (Å²) in [6.07, 6.45) is 5.57. The Morgan fingerprint density at radius 2 is 1.38 bits per heavy atom. The lowest BCUT2D eigenvalue weighted by atomic mass is 10.0. The van der Waals surface area contributed by atoms with Gasteiger partial charge < -0.3 is 30.3 Å². The minimum atomic E-state index is -4.04. The lowest BCUT2D eigenvalue weighted by Crippen LogP contribution is -2.36. The maximum atomic E-state index is 14.6. The fourth-order valence-electron chi connectivity index (χ4n) is 5.76. The van der Waals surface area contributed by atoms with Gasteiger partial charge in [-0.1, -0.05) is 79.6 Å². The predicted molar refractivity (Wildman–Crippen MR) is 185 cm³/mol. The summed E-state index contributed by atoms with van der Waals surface area (Å²) in [5.74, 6) is 0.400. The molecular formula is C35H43N4O6PS. The zero-order valence-electron chi connectivity index (χ0n) is 26.3. The molecule has 2 fully saturated rings. The number of carbonyl (C=O) groups is 3. The van der Waals surface area contributed by atoms with Gasteiger partial charge in [0, 0.05) is 30.4 Å². The topological polar surface area (TPSA) is 135 Å². The van der Waals surface area contributed by atoms with Crippen molar-refractivity contribution < 1.29 is 28.0 Å². The monoisotopic (exact) mass is 678 g/mol. The zero-order chi connectivity index (χ0) is 32.9. The van der Waals surface area contributed by atoms with E-state index < -0.39 is 13.4 Å². The van der Waals surface area contributed by atoms with Crippen molar-refractivity contribution in [3.8, 4) is 11.5 Å². The van der Waals surface area contributed by atoms with E-state index in [1.54, 1.807) is 60.7 Å². The van der Waals surface area contributed by atoms with Crippen LogP contribution >= 0.6 is 19.4 Å². The summed E-state index contributed by atoms with van der Waals surface area (Å²) >= 11 is 1.89. The van der Waals surface area contributed by atoms with E-state index in [4.69, 9.17) is 9.05 Å². The van der Waals surface area contributed by atoms with Crippen LogP contribution in [-0.2, 0) is 14.2 Å². The molecule has 5 rings (SSSR count). The second-order valence-corrected chi connectivity index (χ2v) is 15.0. The molecule has 0 bridgehead atoms. The lowest BCUT2D eigenvalue weighted by Gasteiger charge is -2.28. The SMILES string of the molecule is O=C(CCCCC1SCC2NC(=O)NC21)NCCCCCC(=O)NC(c1ccccc1)P(=O)(Oc1ccccc1)Oc1ccccc1. The van der Waals surface area contributed by atoms with E-state index >= 15 is 0 Å². The number of unbranched alkanes of at least 4 members (excludes halogenated alkanes) is 3. The number of thioether (sulfide) groups is 1. The Bertz CT molecular complexity index is 1450. The largest absolute Gasteiger partial charge is 0.457 e. The van der Waals surface area contributed by atoms with E-state index in [0.29, 0.717) is 41.7 Å². The highest BCUT2D eigenvalue weighted by Gasteiger charge is 2.43. The minimum Gasteiger partial charge on any atom is -0.414 e. The van der Waals surface area contributed by atoms with Gasteiger partial charge in [-0.05, 0) is 55.5 Å². The van der Waals surface area contributed by atoms with Crippen LogP contribution in [0.15, 0.2) is 91.0 Å². The fraction of sp³-hybridized carbons (Fsp3) is 0.400. The van der Waals surface area contributed by atoms with Crippen LogP contribution in [0.4, 0.5) is 4.79 Å². The van der Waals surface area contributed by atoms with Gasteiger partial charge in [0.1, 0.15) is 11.5 Å². The van der Waals surface area contributed by atoms with Gasteiger partial charge in [0.25, 0.3) is 0 Å². The third-order valence-electron chi connectivity index (χ3n) is 8.16. The van der Waals surface area contributed by atoms with E-state index in [0.717, 1.165) is 37.9 Å². The molecule has 4 amide bonds. The molecule has 4 unspecified atom stereocenters. The standard InChI is InChI=1S/C35H43N4O6PS/c40-31(22-13-12-21-30-33-29(25-47-30)37-35(42)39-33)36-24-14-4-11-23-32(41)38-34(26-15-5-1-6-16-26)46(43,44-27-17-7-2-8-18-27)45-28-19-9-3-10-20-28/h1-3,5-10,15-20,29-30,33-34H,4,11-14,21-25H2,(H,36,40)(H,38,41)(H2,37,39,42). The minimum absolute atomic E-state index is 0.0359. The number of amides is 4. The average Bonchev–Trinajstić information content (AvgIpc) is 3.63. The molecular weight excluding hydrogens is 635 g/mol. The summed E-state index contributed by atoms with van der Waals surface area (Å²) in [5.41, 5.74) is 0.604. The fourth-order valence-corrected chi connectivity index (χ4v) is 9.23. The highest BCUT2D eigenvalue weighted by molar-refractivity contribution is 8.00. The Morgan fingerprint density at radius 1 is 0.787 bits per heavy atom. The highest BCUT2D eigenvalue weighted by Crippen LogP contribution is 2.59. The van der Waals surface area contributed by atoms with E-state index in [9.17, 15) is 18.9 Å². The average molecular weight is 679 g/mol. The smallest absolute Gasteiger partial charge is 0.414 e. The summed E-state index contributed by atoms with van der Waals surface area (Å²) in [6, 6.07) is 27.0. The molecule has 0 aliphatic carbocycles. The number of hydrogen-bond donors (Lipinski definition) is 4. The first-order valence-corrected chi connectivity index (χ1v) is 18.9. The van der Waals surface area contributed by atoms with E-state index in [2.05, 4.69) is 21.3 Å². The number of nitrogens with one attached hydrogen (secondary N) is 4. The number of carbonyl (C=O) groups excluding carboxylic acids is 3. The predicted octanol–water partition coefficient (Wildman–Crippen LogP) is 6.55. The van der Waals surface area contributed by atoms with Gasteiger partial charge >= 0.3 is 13.6 Å². The van der Waals surface area contributed by atoms with Crippen LogP contribution in [0.25, 0.3) is 0 Å². The molecule has 2 saturated heterocycles. The van der Waals surface area contributed by atoms with E-state index in [1.807, 2.05) is 42.1 Å². The Hall–Kier alpha value is -3.95. The van der Waals surface area contributed by atoms with Gasteiger partial charge in [-0.3, -0.25) is 9.59 Å². The summed E-state index contributed by atoms with van der Waals surface area (Å²) in [4.78, 5) is 37.1. The van der Waals surface area contributed by atoms with Crippen molar-refractivity contribution in [1.29, 1.82) is 0 Å². The summed E-state index contributed by atoms with van der Waals surface area (Å²) in [7, 11) is -4.04. The third-order valence-corrected chi connectivity index (χ3v) is 11.7. The molecule has 3 aromatic carbocycles. The molecule has 0 saturated carbocycles. The van der Waals surface area contributed by atoms with Crippen molar-refractivity contribution in [1.82, 2.24) is 21.3 Å². The van der Waals surface area contributed by atoms with E-state index in [1.165, 1.54) is 0 Å². The van der Waals surface area contributed by atoms with E-state index in [-0.39, 0.29) is 36.3 Å². The van der Waals surface area contributed by atoms with Crippen molar-refractivity contribution in [2.75, 3.05) is 12.3 Å². The molecule has 0 aromatic heterocycles.